The van der Waals surface area contributed by atoms with Gasteiger partial charge in [0.15, 0.2) is 0 Å². The smallest absolute Gasteiger partial charge is 0.413 e. The second-order valence-electron chi connectivity index (χ2n) is 6.30. The number of halogens is 1. The van der Waals surface area contributed by atoms with Crippen molar-refractivity contribution in [2.24, 2.45) is 0 Å². The average Bonchev–Trinajstić information content (AvgIpc) is 2.75. The number of likely N-dealkylation sites (tertiary alicyclic amines) is 1. The van der Waals surface area contributed by atoms with Gasteiger partial charge < -0.3 is 4.74 Å². The van der Waals surface area contributed by atoms with E-state index in [9.17, 15) is 9.18 Å². The van der Waals surface area contributed by atoms with E-state index in [1.807, 2.05) is 6.07 Å². The maximum atomic E-state index is 13.1. The highest BCUT2D eigenvalue weighted by Gasteiger charge is 2.21. The minimum absolute atomic E-state index is 0.442. The first-order valence-corrected chi connectivity index (χ1v) is 7.13. The van der Waals surface area contributed by atoms with Crippen LogP contribution in [-0.4, -0.2) is 40.8 Å². The van der Waals surface area contributed by atoms with Crippen molar-refractivity contribution in [3.8, 4) is 0 Å². The number of carbonyl (C=O) groups is 1. The van der Waals surface area contributed by atoms with Gasteiger partial charge in [-0.15, -0.1) is 0 Å². The number of carbonyl (C=O) groups excluding carboxylic acids is 1. The molecule has 1 fully saturated rings. The van der Waals surface area contributed by atoms with Gasteiger partial charge in [-0.05, 0) is 38.8 Å². The summed E-state index contributed by atoms with van der Waals surface area (Å²) in [4.78, 5) is 17.8. The van der Waals surface area contributed by atoms with E-state index in [1.165, 1.54) is 0 Å². The normalized spacial score (nSPS) is 19.5. The van der Waals surface area contributed by atoms with Gasteiger partial charge in [0.25, 0.3) is 0 Å². The van der Waals surface area contributed by atoms with Gasteiger partial charge in [0.05, 0.1) is 0 Å². The fourth-order valence-electron chi connectivity index (χ4n) is 2.19. The number of anilines is 1. The van der Waals surface area contributed by atoms with Crippen LogP contribution in [0, 0.1) is 0 Å². The molecule has 0 radical (unpaired) electrons. The summed E-state index contributed by atoms with van der Waals surface area (Å²) in [5.74, 6) is 0.442. The summed E-state index contributed by atoms with van der Waals surface area (Å²) in [5, 5.41) is 2.58. The number of nitrogens with one attached hydrogen (secondary N) is 1. The molecule has 1 aliphatic heterocycles. The van der Waals surface area contributed by atoms with Gasteiger partial charge >= 0.3 is 6.09 Å². The van der Waals surface area contributed by atoms with E-state index in [-0.39, 0.29) is 0 Å². The fourth-order valence-corrected chi connectivity index (χ4v) is 2.19. The van der Waals surface area contributed by atoms with Crippen LogP contribution in [-0.2, 0) is 11.3 Å². The molecule has 0 spiro atoms. The molecular weight excluding hydrogens is 273 g/mol. The van der Waals surface area contributed by atoms with E-state index in [0.29, 0.717) is 25.3 Å². The number of rotatable bonds is 3. The maximum Gasteiger partial charge on any atom is 0.413 e. The van der Waals surface area contributed by atoms with Crippen LogP contribution in [0.15, 0.2) is 18.3 Å². The van der Waals surface area contributed by atoms with Crippen molar-refractivity contribution in [2.75, 3.05) is 18.4 Å². The first-order chi connectivity index (χ1) is 9.82. The van der Waals surface area contributed by atoms with Gasteiger partial charge in [-0.1, -0.05) is 6.07 Å². The summed E-state index contributed by atoms with van der Waals surface area (Å²) < 4.78 is 18.3. The van der Waals surface area contributed by atoms with E-state index in [1.54, 1.807) is 33.0 Å². The number of amides is 1. The third kappa shape index (κ3) is 5.30. The molecule has 1 aromatic rings. The number of aromatic nitrogens is 1. The van der Waals surface area contributed by atoms with Gasteiger partial charge in [0, 0.05) is 25.8 Å². The SMILES string of the molecule is CC(C)(C)OC(=O)Nc1ccc(CN2CC[C@H](F)C2)cn1. The summed E-state index contributed by atoms with van der Waals surface area (Å²) in [7, 11) is 0. The van der Waals surface area contributed by atoms with Gasteiger partial charge in [-0.2, -0.15) is 0 Å². The van der Waals surface area contributed by atoms with Crippen LogP contribution in [0.25, 0.3) is 0 Å². The largest absolute Gasteiger partial charge is 0.444 e. The molecule has 6 heteroatoms. The number of hydrogen-bond donors (Lipinski definition) is 1. The Kier molecular flexibility index (Phi) is 4.77. The predicted octanol–water partition coefficient (Wildman–Crippen LogP) is 2.97. The molecule has 1 atom stereocenters. The Balaban J connectivity index is 1.85. The van der Waals surface area contributed by atoms with E-state index in [2.05, 4.69) is 15.2 Å². The van der Waals surface area contributed by atoms with Crippen molar-refractivity contribution in [2.45, 2.75) is 45.5 Å². The van der Waals surface area contributed by atoms with Crippen LogP contribution in [0.4, 0.5) is 15.0 Å². The Morgan fingerprint density at radius 3 is 2.81 bits per heavy atom. The van der Waals surface area contributed by atoms with Crippen LogP contribution in [0.5, 0.6) is 0 Å². The monoisotopic (exact) mass is 295 g/mol. The molecular formula is C15H22FN3O2. The molecule has 0 saturated carbocycles. The molecule has 116 valence electrons. The highest BCUT2D eigenvalue weighted by molar-refractivity contribution is 5.83. The highest BCUT2D eigenvalue weighted by atomic mass is 19.1. The van der Waals surface area contributed by atoms with Gasteiger partial charge in [0.1, 0.15) is 17.6 Å². The molecule has 0 aromatic carbocycles. The zero-order valence-corrected chi connectivity index (χ0v) is 12.7. The van der Waals surface area contributed by atoms with Gasteiger partial charge in [0.2, 0.25) is 0 Å². The van der Waals surface area contributed by atoms with Crippen molar-refractivity contribution in [1.29, 1.82) is 0 Å². The summed E-state index contributed by atoms with van der Waals surface area (Å²) in [6.07, 6.45) is 1.05. The standard InChI is InChI=1S/C15H22FN3O2/c1-15(2,3)21-14(20)18-13-5-4-11(8-17-13)9-19-7-6-12(16)10-19/h4-5,8,12H,6-7,9-10H2,1-3H3,(H,17,18,20)/t12-/m0/s1. The lowest BCUT2D eigenvalue weighted by Gasteiger charge is -2.19. The summed E-state index contributed by atoms with van der Waals surface area (Å²) in [6.45, 7) is 7.35. The molecule has 1 amide bonds. The number of alkyl halides is 1. The Bertz CT molecular complexity index is 485. The van der Waals surface area contributed by atoms with E-state index in [0.717, 1.165) is 12.1 Å². The van der Waals surface area contributed by atoms with Crippen LogP contribution in [0.2, 0.25) is 0 Å². The van der Waals surface area contributed by atoms with Crippen LogP contribution < -0.4 is 5.32 Å². The first-order valence-electron chi connectivity index (χ1n) is 7.13. The molecule has 2 rings (SSSR count). The topological polar surface area (TPSA) is 54.5 Å². The van der Waals surface area contributed by atoms with Crippen LogP contribution in [0.3, 0.4) is 0 Å². The van der Waals surface area contributed by atoms with Crippen molar-refractivity contribution >= 4 is 11.9 Å². The molecule has 1 saturated heterocycles. The summed E-state index contributed by atoms with van der Waals surface area (Å²) in [5.41, 5.74) is 0.460. The van der Waals surface area contributed by atoms with E-state index < -0.39 is 17.9 Å². The molecule has 0 unspecified atom stereocenters. The van der Waals surface area contributed by atoms with Crippen LogP contribution in [0.1, 0.15) is 32.8 Å². The van der Waals surface area contributed by atoms with Crippen molar-refractivity contribution in [3.63, 3.8) is 0 Å². The Labute approximate surface area is 124 Å². The second kappa shape index (κ2) is 6.39. The van der Waals surface area contributed by atoms with Crippen molar-refractivity contribution in [3.05, 3.63) is 23.9 Å². The van der Waals surface area contributed by atoms with E-state index in [4.69, 9.17) is 4.74 Å². The molecule has 2 heterocycles. The van der Waals surface area contributed by atoms with Crippen LogP contribution >= 0.6 is 0 Å². The lowest BCUT2D eigenvalue weighted by atomic mass is 10.2. The Morgan fingerprint density at radius 1 is 1.52 bits per heavy atom. The number of ether oxygens (including phenoxy) is 1. The zero-order chi connectivity index (χ0) is 15.5. The lowest BCUT2D eigenvalue weighted by Crippen LogP contribution is -2.27. The lowest BCUT2D eigenvalue weighted by molar-refractivity contribution is 0.0635. The third-order valence-electron chi connectivity index (χ3n) is 3.07. The van der Waals surface area contributed by atoms with Crippen molar-refractivity contribution < 1.29 is 13.9 Å². The number of pyridine rings is 1. The molecule has 0 aliphatic carbocycles. The minimum atomic E-state index is -0.717. The van der Waals surface area contributed by atoms with E-state index >= 15 is 0 Å². The zero-order valence-electron chi connectivity index (χ0n) is 12.7. The molecule has 21 heavy (non-hydrogen) atoms. The van der Waals surface area contributed by atoms with Crippen molar-refractivity contribution in [1.82, 2.24) is 9.88 Å². The Morgan fingerprint density at radius 2 is 2.29 bits per heavy atom. The number of hydrogen-bond acceptors (Lipinski definition) is 4. The third-order valence-corrected chi connectivity index (χ3v) is 3.07. The summed E-state index contributed by atoms with van der Waals surface area (Å²) in [6, 6.07) is 3.60. The molecule has 1 aliphatic rings. The predicted molar refractivity (Wildman–Crippen MR) is 78.9 cm³/mol. The highest BCUT2D eigenvalue weighted by Crippen LogP contribution is 2.16. The minimum Gasteiger partial charge on any atom is -0.444 e. The molecule has 1 N–H and O–H groups in total. The van der Waals surface area contributed by atoms with Gasteiger partial charge in [-0.25, -0.2) is 14.2 Å². The Hall–Kier alpha value is -1.69. The molecule has 0 bridgehead atoms. The van der Waals surface area contributed by atoms with Gasteiger partial charge in [-0.3, -0.25) is 10.2 Å². The quantitative estimate of drug-likeness (QED) is 0.931. The summed E-state index contributed by atoms with van der Waals surface area (Å²) >= 11 is 0. The number of nitrogens with zero attached hydrogens (tertiary/aromatic N) is 2. The first kappa shape index (κ1) is 15.7. The maximum absolute atomic E-state index is 13.1. The molecule has 5 nitrogen and oxygen atoms in total. The second-order valence-corrected chi connectivity index (χ2v) is 6.30. The fraction of sp³-hybridized carbons (Fsp3) is 0.600. The average molecular weight is 295 g/mol. The molecule has 1 aromatic heterocycles.